The van der Waals surface area contributed by atoms with Crippen molar-refractivity contribution in [2.24, 2.45) is 0 Å². The zero-order chi connectivity index (χ0) is 14.9. The molecule has 1 N–H and O–H groups in total. The minimum absolute atomic E-state index is 0.0272. The second kappa shape index (κ2) is 4.87. The predicted molar refractivity (Wildman–Crippen MR) is 61.4 cm³/mol. The third-order valence-electron chi connectivity index (χ3n) is 2.39. The Morgan fingerprint density at radius 1 is 1.30 bits per heavy atom. The first kappa shape index (κ1) is 13.9. The monoisotopic (exact) mass is 287 g/mol. The predicted octanol–water partition coefficient (Wildman–Crippen LogP) is 2.63. The summed E-state index contributed by atoms with van der Waals surface area (Å²) in [6.45, 7) is 0. The molecule has 1 aromatic carbocycles. The largest absolute Gasteiger partial charge is 0.573 e. The van der Waals surface area contributed by atoms with Gasteiger partial charge in [-0.15, -0.1) is 13.2 Å². The van der Waals surface area contributed by atoms with Crippen LogP contribution in [0.3, 0.4) is 0 Å². The van der Waals surface area contributed by atoms with Gasteiger partial charge in [0.05, 0.1) is 12.6 Å². The highest BCUT2D eigenvalue weighted by Gasteiger charge is 2.31. The number of aromatic nitrogens is 1. The summed E-state index contributed by atoms with van der Waals surface area (Å²) in [5, 5.41) is 9.76. The molecule has 5 nitrogen and oxygen atoms in total. The second-order valence-electron chi connectivity index (χ2n) is 3.74. The van der Waals surface area contributed by atoms with Crippen LogP contribution < -0.4 is 4.74 Å². The summed E-state index contributed by atoms with van der Waals surface area (Å²) in [5.41, 5.74) is -0.0121. The lowest BCUT2D eigenvalue weighted by molar-refractivity contribution is -0.274. The van der Waals surface area contributed by atoms with Gasteiger partial charge in [0.1, 0.15) is 11.5 Å². The van der Waals surface area contributed by atoms with E-state index in [4.69, 9.17) is 0 Å². The lowest BCUT2D eigenvalue weighted by atomic mass is 10.1. The molecule has 1 heterocycles. The highest BCUT2D eigenvalue weighted by Crippen LogP contribution is 2.30. The number of fused-ring (bicyclic) bond motifs is 1. The fourth-order valence-corrected chi connectivity index (χ4v) is 1.59. The van der Waals surface area contributed by atoms with E-state index in [1.54, 1.807) is 0 Å². The van der Waals surface area contributed by atoms with Crippen molar-refractivity contribution in [3.05, 3.63) is 30.0 Å². The Hall–Kier alpha value is -2.51. The number of carbonyl (C=O) groups is 1. The van der Waals surface area contributed by atoms with Crippen LogP contribution in [0.5, 0.6) is 11.5 Å². The molecule has 0 amide bonds. The third-order valence-corrected chi connectivity index (χ3v) is 2.39. The molecule has 0 aliphatic rings. The molecular formula is C12H8F3NO4. The van der Waals surface area contributed by atoms with Crippen molar-refractivity contribution in [1.82, 2.24) is 4.98 Å². The number of halogens is 3. The zero-order valence-electron chi connectivity index (χ0n) is 10.1. The molecule has 0 atom stereocenters. The van der Waals surface area contributed by atoms with Crippen molar-refractivity contribution in [2.75, 3.05) is 7.11 Å². The van der Waals surface area contributed by atoms with Gasteiger partial charge in [0.25, 0.3) is 0 Å². The first-order valence-electron chi connectivity index (χ1n) is 5.28. The maximum atomic E-state index is 12.1. The van der Waals surface area contributed by atoms with Crippen LogP contribution in [0.1, 0.15) is 10.5 Å². The van der Waals surface area contributed by atoms with E-state index < -0.39 is 23.8 Å². The van der Waals surface area contributed by atoms with E-state index in [-0.39, 0.29) is 16.6 Å². The van der Waals surface area contributed by atoms with Crippen molar-refractivity contribution < 1.29 is 32.5 Å². The van der Waals surface area contributed by atoms with Gasteiger partial charge in [-0.1, -0.05) is 0 Å². The van der Waals surface area contributed by atoms with Gasteiger partial charge in [0, 0.05) is 11.5 Å². The maximum Gasteiger partial charge on any atom is 0.573 e. The zero-order valence-corrected chi connectivity index (χ0v) is 10.1. The van der Waals surface area contributed by atoms with Crippen LogP contribution in [0.4, 0.5) is 13.2 Å². The molecule has 0 saturated heterocycles. The highest BCUT2D eigenvalue weighted by molar-refractivity contribution is 5.94. The maximum absolute atomic E-state index is 12.1. The molecule has 0 bridgehead atoms. The lowest BCUT2D eigenvalue weighted by Gasteiger charge is -2.10. The Balaban J connectivity index is 2.49. The summed E-state index contributed by atoms with van der Waals surface area (Å²) in [6.07, 6.45) is -4.83. The first-order chi connectivity index (χ1) is 9.30. The van der Waals surface area contributed by atoms with Gasteiger partial charge in [0.2, 0.25) is 0 Å². The molecule has 0 spiro atoms. The van der Waals surface area contributed by atoms with E-state index in [0.717, 1.165) is 25.3 Å². The molecule has 0 unspecified atom stereocenters. The second-order valence-corrected chi connectivity index (χ2v) is 3.74. The number of benzene rings is 1. The van der Waals surface area contributed by atoms with Gasteiger partial charge in [0.15, 0.2) is 5.69 Å². The number of carbonyl (C=O) groups excluding carboxylic acids is 1. The summed E-state index contributed by atoms with van der Waals surface area (Å²) < 4.78 is 44.5. The number of methoxy groups -OCH3 is 1. The molecule has 0 aliphatic carbocycles. The number of aromatic hydroxyl groups is 1. The van der Waals surface area contributed by atoms with Crippen LogP contribution in [0.25, 0.3) is 10.9 Å². The highest BCUT2D eigenvalue weighted by atomic mass is 19.4. The number of pyridine rings is 1. The minimum atomic E-state index is -4.83. The molecule has 1 aromatic heterocycles. The SMILES string of the molecule is COC(=O)c1cc(O)c2cc(OC(F)(F)F)ccc2n1. The number of hydrogen-bond donors (Lipinski definition) is 1. The van der Waals surface area contributed by atoms with Crippen molar-refractivity contribution in [1.29, 1.82) is 0 Å². The lowest BCUT2D eigenvalue weighted by Crippen LogP contribution is -2.17. The Labute approximate surface area is 110 Å². The van der Waals surface area contributed by atoms with Crippen LogP contribution in [-0.4, -0.2) is 29.5 Å². The molecule has 8 heteroatoms. The standard InChI is InChI=1S/C12H8F3NO4/c1-19-11(18)9-5-10(17)7-4-6(20-12(13,14)15)2-3-8(7)16-9/h2-5H,1H3,(H,16,17). The van der Waals surface area contributed by atoms with E-state index in [2.05, 4.69) is 14.5 Å². The summed E-state index contributed by atoms with van der Waals surface area (Å²) in [6, 6.07) is 4.21. The summed E-state index contributed by atoms with van der Waals surface area (Å²) in [5.74, 6) is -1.66. The Kier molecular flexibility index (Phi) is 3.39. The Morgan fingerprint density at radius 2 is 2.00 bits per heavy atom. The number of alkyl halides is 3. The van der Waals surface area contributed by atoms with Crippen molar-refractivity contribution in [3.63, 3.8) is 0 Å². The van der Waals surface area contributed by atoms with Crippen LogP contribution >= 0.6 is 0 Å². The number of ether oxygens (including phenoxy) is 2. The van der Waals surface area contributed by atoms with Gasteiger partial charge in [-0.3, -0.25) is 0 Å². The average Bonchev–Trinajstić information content (AvgIpc) is 2.36. The van der Waals surface area contributed by atoms with Crippen molar-refractivity contribution in [2.45, 2.75) is 6.36 Å². The van der Waals surface area contributed by atoms with Crippen LogP contribution in [-0.2, 0) is 4.74 Å². The van der Waals surface area contributed by atoms with E-state index >= 15 is 0 Å². The minimum Gasteiger partial charge on any atom is -0.507 e. The summed E-state index contributed by atoms with van der Waals surface area (Å²) in [7, 11) is 1.14. The van der Waals surface area contributed by atoms with Gasteiger partial charge in [-0.25, -0.2) is 9.78 Å². The van der Waals surface area contributed by atoms with Crippen LogP contribution in [0.15, 0.2) is 24.3 Å². The molecule has 2 aromatic rings. The van der Waals surface area contributed by atoms with Crippen molar-refractivity contribution in [3.8, 4) is 11.5 Å². The normalized spacial score (nSPS) is 11.4. The number of hydrogen-bond acceptors (Lipinski definition) is 5. The van der Waals surface area contributed by atoms with E-state index in [0.29, 0.717) is 0 Å². The summed E-state index contributed by atoms with van der Waals surface area (Å²) >= 11 is 0. The molecule has 2 rings (SSSR count). The molecule has 106 valence electrons. The smallest absolute Gasteiger partial charge is 0.507 e. The van der Waals surface area contributed by atoms with Gasteiger partial charge in [-0.2, -0.15) is 0 Å². The molecule has 20 heavy (non-hydrogen) atoms. The summed E-state index contributed by atoms with van der Waals surface area (Å²) in [4.78, 5) is 15.2. The molecule has 0 saturated carbocycles. The van der Waals surface area contributed by atoms with E-state index in [1.807, 2.05) is 0 Å². The Morgan fingerprint density at radius 3 is 2.60 bits per heavy atom. The Bertz CT molecular complexity index is 670. The molecular weight excluding hydrogens is 279 g/mol. The van der Waals surface area contributed by atoms with Gasteiger partial charge >= 0.3 is 12.3 Å². The topological polar surface area (TPSA) is 68.7 Å². The first-order valence-corrected chi connectivity index (χ1v) is 5.28. The van der Waals surface area contributed by atoms with E-state index in [1.165, 1.54) is 6.07 Å². The molecule has 0 aliphatic heterocycles. The average molecular weight is 287 g/mol. The fraction of sp³-hybridized carbons (Fsp3) is 0.167. The number of esters is 1. The molecule has 0 fully saturated rings. The van der Waals surface area contributed by atoms with E-state index in [9.17, 15) is 23.1 Å². The van der Waals surface area contributed by atoms with Gasteiger partial charge in [-0.05, 0) is 18.2 Å². The van der Waals surface area contributed by atoms with Gasteiger partial charge < -0.3 is 14.6 Å². The number of nitrogens with zero attached hydrogens (tertiary/aromatic N) is 1. The third kappa shape index (κ3) is 2.90. The molecule has 0 radical (unpaired) electrons. The van der Waals surface area contributed by atoms with Crippen LogP contribution in [0, 0.1) is 0 Å². The number of rotatable bonds is 2. The van der Waals surface area contributed by atoms with Crippen molar-refractivity contribution >= 4 is 16.9 Å². The quantitative estimate of drug-likeness (QED) is 0.860. The van der Waals surface area contributed by atoms with Crippen LogP contribution in [0.2, 0.25) is 0 Å². The fourth-order valence-electron chi connectivity index (χ4n) is 1.59.